The third kappa shape index (κ3) is 3.07. The van der Waals surface area contributed by atoms with Crippen molar-refractivity contribution in [1.29, 1.82) is 0 Å². The molecule has 126 valence electrons. The maximum atomic E-state index is 12.7. The van der Waals surface area contributed by atoms with Crippen LogP contribution >= 0.6 is 11.3 Å². The van der Waals surface area contributed by atoms with Crippen molar-refractivity contribution in [3.05, 3.63) is 46.7 Å². The molecule has 1 aliphatic carbocycles. The molecule has 2 aromatic heterocycles. The van der Waals surface area contributed by atoms with E-state index in [4.69, 9.17) is 9.47 Å². The fourth-order valence-electron chi connectivity index (χ4n) is 3.50. The molecular weight excluding hydrogens is 326 g/mol. The number of aromatic nitrogens is 2. The molecule has 1 aliphatic heterocycles. The Kier molecular flexibility index (Phi) is 4.55. The van der Waals surface area contributed by atoms with Gasteiger partial charge in [-0.15, -0.1) is 11.3 Å². The number of fused-ring (bicyclic) bond motifs is 1. The van der Waals surface area contributed by atoms with Gasteiger partial charge in [-0.2, -0.15) is 0 Å². The van der Waals surface area contributed by atoms with Crippen molar-refractivity contribution < 1.29 is 14.3 Å². The summed E-state index contributed by atoms with van der Waals surface area (Å²) in [6.45, 7) is 1.68. The van der Waals surface area contributed by atoms with Crippen LogP contribution in [-0.4, -0.2) is 52.2 Å². The number of nitrogens with zero attached hydrogens (tertiary/aromatic N) is 3. The molecule has 24 heavy (non-hydrogen) atoms. The first kappa shape index (κ1) is 15.7. The molecule has 0 unspecified atom stereocenters. The fraction of sp³-hybridized carbons (Fsp3) is 0.471. The average molecular weight is 345 g/mol. The Morgan fingerprint density at radius 2 is 2.42 bits per heavy atom. The number of pyridine rings is 1. The number of carbonyl (C=O) groups is 1. The average Bonchev–Trinajstić information content (AvgIpc) is 3.30. The predicted octanol–water partition coefficient (Wildman–Crippen LogP) is 2.13. The van der Waals surface area contributed by atoms with Crippen molar-refractivity contribution in [2.24, 2.45) is 0 Å². The summed E-state index contributed by atoms with van der Waals surface area (Å²) in [7, 11) is 0. The monoisotopic (exact) mass is 345 g/mol. The minimum Gasteiger partial charge on any atom is -0.372 e. The van der Waals surface area contributed by atoms with Gasteiger partial charge in [-0.05, 0) is 24.5 Å². The number of carbonyl (C=O) groups excluding carboxylic acids is 1. The van der Waals surface area contributed by atoms with Crippen molar-refractivity contribution in [2.45, 2.75) is 37.7 Å². The Labute approximate surface area is 144 Å². The van der Waals surface area contributed by atoms with Crippen LogP contribution in [0.1, 0.15) is 28.9 Å². The van der Waals surface area contributed by atoms with Gasteiger partial charge >= 0.3 is 0 Å². The number of amides is 1. The lowest BCUT2D eigenvalue weighted by Gasteiger charge is -2.38. The van der Waals surface area contributed by atoms with Gasteiger partial charge in [0.1, 0.15) is 11.8 Å². The Bertz CT molecular complexity index is 680. The molecule has 1 saturated heterocycles. The smallest absolute Gasteiger partial charge is 0.273 e. The third-order valence-corrected chi connectivity index (χ3v) is 5.22. The van der Waals surface area contributed by atoms with Crippen LogP contribution in [0.3, 0.4) is 0 Å². The van der Waals surface area contributed by atoms with Gasteiger partial charge in [-0.3, -0.25) is 9.78 Å². The van der Waals surface area contributed by atoms with Gasteiger partial charge in [0.15, 0.2) is 0 Å². The second kappa shape index (κ2) is 6.96. The summed E-state index contributed by atoms with van der Waals surface area (Å²) in [4.78, 5) is 22.8. The van der Waals surface area contributed by atoms with Gasteiger partial charge < -0.3 is 14.4 Å². The summed E-state index contributed by atoms with van der Waals surface area (Å²) in [5, 5.41) is 1.80. The summed E-state index contributed by atoms with van der Waals surface area (Å²) in [6, 6.07) is 3.98. The normalized spacial score (nSPS) is 26.3. The molecule has 0 N–H and O–H groups in total. The summed E-state index contributed by atoms with van der Waals surface area (Å²) in [5.74, 6) is 0.00228. The summed E-state index contributed by atoms with van der Waals surface area (Å²) in [5.41, 5.74) is 3.27. The van der Waals surface area contributed by atoms with Gasteiger partial charge in [-0.1, -0.05) is 6.07 Å². The van der Waals surface area contributed by atoms with Crippen LogP contribution in [0, 0.1) is 0 Å². The Balaban J connectivity index is 1.42. The Morgan fingerprint density at radius 3 is 3.21 bits per heavy atom. The van der Waals surface area contributed by atoms with Crippen molar-refractivity contribution in [3.8, 4) is 0 Å². The third-order valence-electron chi connectivity index (χ3n) is 4.63. The molecule has 1 saturated carbocycles. The predicted molar refractivity (Wildman–Crippen MR) is 88.7 cm³/mol. The number of rotatable bonds is 4. The van der Waals surface area contributed by atoms with Gasteiger partial charge in [0.05, 0.1) is 30.9 Å². The number of ether oxygens (including phenoxy) is 2. The highest BCUT2D eigenvalue weighted by molar-refractivity contribution is 7.07. The molecule has 2 aliphatic rings. The van der Waals surface area contributed by atoms with Crippen LogP contribution in [0.15, 0.2) is 35.4 Å². The highest BCUT2D eigenvalue weighted by Crippen LogP contribution is 2.33. The van der Waals surface area contributed by atoms with Crippen molar-refractivity contribution >= 4 is 17.2 Å². The molecule has 0 spiro atoms. The number of morpholine rings is 1. The van der Waals surface area contributed by atoms with E-state index in [2.05, 4.69) is 9.97 Å². The topological polar surface area (TPSA) is 64.6 Å². The maximum Gasteiger partial charge on any atom is 0.273 e. The summed E-state index contributed by atoms with van der Waals surface area (Å²) in [6.07, 6.45) is 5.32. The SMILES string of the molecule is O=C(c1cscn1)N1CCO[C@@H]2[C@H]1CC[C@H]2OCc1cccnc1. The van der Waals surface area contributed by atoms with E-state index >= 15 is 0 Å². The zero-order valence-electron chi connectivity index (χ0n) is 13.2. The first-order chi connectivity index (χ1) is 11.8. The van der Waals surface area contributed by atoms with Crippen LogP contribution in [0.4, 0.5) is 0 Å². The van der Waals surface area contributed by atoms with Gasteiger partial charge in [0.25, 0.3) is 5.91 Å². The molecule has 0 bridgehead atoms. The molecular formula is C17H19N3O3S. The second-order valence-electron chi connectivity index (χ2n) is 6.06. The van der Waals surface area contributed by atoms with Crippen LogP contribution in [0.25, 0.3) is 0 Å². The van der Waals surface area contributed by atoms with Gasteiger partial charge in [0, 0.05) is 24.3 Å². The zero-order valence-corrected chi connectivity index (χ0v) is 14.0. The first-order valence-corrected chi connectivity index (χ1v) is 9.08. The van der Waals surface area contributed by atoms with E-state index in [0.29, 0.717) is 25.5 Å². The van der Waals surface area contributed by atoms with E-state index < -0.39 is 0 Å². The van der Waals surface area contributed by atoms with Crippen LogP contribution in [-0.2, 0) is 16.1 Å². The van der Waals surface area contributed by atoms with Gasteiger partial charge in [-0.25, -0.2) is 4.98 Å². The molecule has 3 heterocycles. The van der Waals surface area contributed by atoms with E-state index in [1.54, 1.807) is 17.1 Å². The Morgan fingerprint density at radius 1 is 1.46 bits per heavy atom. The quantitative estimate of drug-likeness (QED) is 0.849. The lowest BCUT2D eigenvalue weighted by Crippen LogP contribution is -2.53. The van der Waals surface area contributed by atoms with Crippen LogP contribution in [0.2, 0.25) is 0 Å². The molecule has 4 rings (SSSR count). The first-order valence-electron chi connectivity index (χ1n) is 8.14. The zero-order chi connectivity index (χ0) is 16.4. The maximum absolute atomic E-state index is 12.7. The summed E-state index contributed by atoms with van der Waals surface area (Å²) >= 11 is 1.44. The highest BCUT2D eigenvalue weighted by atomic mass is 32.1. The van der Waals surface area contributed by atoms with Crippen LogP contribution in [0.5, 0.6) is 0 Å². The number of hydrogen-bond donors (Lipinski definition) is 0. The molecule has 6 nitrogen and oxygen atoms in total. The molecule has 3 atom stereocenters. The Hall–Kier alpha value is -1.83. The van der Waals surface area contributed by atoms with Crippen molar-refractivity contribution in [2.75, 3.05) is 13.2 Å². The largest absolute Gasteiger partial charge is 0.372 e. The molecule has 2 fully saturated rings. The number of hydrogen-bond acceptors (Lipinski definition) is 6. The second-order valence-corrected chi connectivity index (χ2v) is 6.78. The highest BCUT2D eigenvalue weighted by Gasteiger charge is 2.45. The summed E-state index contributed by atoms with van der Waals surface area (Å²) < 4.78 is 12.0. The standard InChI is InChI=1S/C17H19N3O3S/c21-17(13-10-24-11-19-13)20-6-7-22-16-14(20)3-4-15(16)23-9-12-2-1-5-18-8-12/h1-2,5,8,10-11,14-16H,3-4,6-7,9H2/t14-,15-,16-/m1/s1. The van der Waals surface area contributed by atoms with E-state index in [1.165, 1.54) is 11.3 Å². The van der Waals surface area contributed by atoms with Gasteiger partial charge in [0.2, 0.25) is 0 Å². The molecule has 0 aromatic carbocycles. The lowest BCUT2D eigenvalue weighted by molar-refractivity contribution is -0.108. The van der Waals surface area contributed by atoms with E-state index in [-0.39, 0.29) is 24.2 Å². The lowest BCUT2D eigenvalue weighted by atomic mass is 10.1. The van der Waals surface area contributed by atoms with E-state index in [1.807, 2.05) is 23.2 Å². The minimum absolute atomic E-state index is 0.00228. The molecule has 7 heteroatoms. The minimum atomic E-state index is -0.0574. The van der Waals surface area contributed by atoms with Crippen LogP contribution < -0.4 is 0 Å². The molecule has 0 radical (unpaired) electrons. The number of thiazole rings is 1. The molecule has 1 amide bonds. The van der Waals surface area contributed by atoms with E-state index in [9.17, 15) is 4.79 Å². The van der Waals surface area contributed by atoms with E-state index in [0.717, 1.165) is 18.4 Å². The fourth-order valence-corrected chi connectivity index (χ4v) is 4.02. The van der Waals surface area contributed by atoms with Crippen molar-refractivity contribution in [3.63, 3.8) is 0 Å². The van der Waals surface area contributed by atoms with Crippen molar-refractivity contribution in [1.82, 2.24) is 14.9 Å². The molecule has 2 aromatic rings.